The second-order valence-corrected chi connectivity index (χ2v) is 4.71. The Bertz CT molecular complexity index is 343. The quantitative estimate of drug-likeness (QED) is 0.264. The fraction of sp³-hybridized carbons (Fsp3) is 0.667. The van der Waals surface area contributed by atoms with Crippen molar-refractivity contribution in [2.24, 2.45) is 5.73 Å². The van der Waals surface area contributed by atoms with Crippen LogP contribution < -0.4 is 16.4 Å². The summed E-state index contributed by atoms with van der Waals surface area (Å²) in [6, 6.07) is -2.95. The van der Waals surface area contributed by atoms with E-state index in [0.29, 0.717) is 0 Å². The maximum Gasteiger partial charge on any atom is 0.327 e. The summed E-state index contributed by atoms with van der Waals surface area (Å²) >= 11 is 11.6. The molecule has 0 aliphatic carbocycles. The van der Waals surface area contributed by atoms with Gasteiger partial charge >= 0.3 is 5.97 Å². The number of carbonyl (C=O) groups is 3. The predicted octanol–water partition coefficient (Wildman–Crippen LogP) is -1.84. The van der Waals surface area contributed by atoms with E-state index in [4.69, 9.17) is 10.8 Å². The van der Waals surface area contributed by atoms with Crippen LogP contribution in [0.25, 0.3) is 0 Å². The second kappa shape index (κ2) is 9.34. The number of hydrogen-bond donors (Lipinski definition) is 7. The topological polar surface area (TPSA) is 122 Å². The van der Waals surface area contributed by atoms with Crippen LogP contribution in [-0.2, 0) is 14.4 Å². The molecule has 10 heteroatoms. The third kappa shape index (κ3) is 6.41. The molecule has 0 aliphatic rings. The Morgan fingerprint density at radius 2 is 1.42 bits per heavy atom. The number of nitrogens with one attached hydrogen (secondary N) is 2. The fourth-order valence-corrected chi connectivity index (χ4v) is 1.68. The largest absolute Gasteiger partial charge is 0.480 e. The Hall–Kier alpha value is -0.580. The van der Waals surface area contributed by atoms with E-state index in [-0.39, 0.29) is 17.3 Å². The molecule has 0 saturated heterocycles. The van der Waals surface area contributed by atoms with Gasteiger partial charge in [0.1, 0.15) is 12.1 Å². The third-order valence-electron chi connectivity index (χ3n) is 2.15. The van der Waals surface area contributed by atoms with E-state index in [1.807, 2.05) is 0 Å². The molecule has 0 saturated carbocycles. The summed E-state index contributed by atoms with van der Waals surface area (Å²) in [6.07, 6.45) is 0. The molecule has 0 spiro atoms. The molecule has 0 aromatic carbocycles. The highest BCUT2D eigenvalue weighted by atomic mass is 32.1. The lowest BCUT2D eigenvalue weighted by atomic mass is 10.2. The van der Waals surface area contributed by atoms with Crippen molar-refractivity contribution in [3.05, 3.63) is 0 Å². The lowest BCUT2D eigenvalue weighted by Gasteiger charge is -2.20. The number of thiol groups is 3. The monoisotopic (exact) mass is 327 g/mol. The molecule has 0 bridgehead atoms. The van der Waals surface area contributed by atoms with Crippen molar-refractivity contribution in [3.63, 3.8) is 0 Å². The minimum absolute atomic E-state index is 0.00970. The summed E-state index contributed by atoms with van der Waals surface area (Å²) in [5.74, 6) is -2.35. The molecule has 19 heavy (non-hydrogen) atoms. The summed E-state index contributed by atoms with van der Waals surface area (Å²) in [5.41, 5.74) is 5.44. The van der Waals surface area contributed by atoms with Gasteiger partial charge in [0.25, 0.3) is 0 Å². The number of rotatable bonds is 8. The molecule has 2 unspecified atom stereocenters. The van der Waals surface area contributed by atoms with E-state index in [9.17, 15) is 14.4 Å². The molecule has 7 nitrogen and oxygen atoms in total. The van der Waals surface area contributed by atoms with Gasteiger partial charge in [-0.25, -0.2) is 4.79 Å². The van der Waals surface area contributed by atoms with Crippen LogP contribution >= 0.6 is 37.9 Å². The van der Waals surface area contributed by atoms with Crippen molar-refractivity contribution in [3.8, 4) is 0 Å². The number of carboxylic acids is 1. The van der Waals surface area contributed by atoms with Gasteiger partial charge < -0.3 is 21.5 Å². The Balaban J connectivity index is 4.56. The first-order chi connectivity index (χ1) is 8.87. The Kier molecular flexibility index (Phi) is 9.06. The van der Waals surface area contributed by atoms with Gasteiger partial charge in [0.05, 0.1) is 6.04 Å². The van der Waals surface area contributed by atoms with Gasteiger partial charge in [-0.3, -0.25) is 9.59 Å². The fourth-order valence-electron chi connectivity index (χ4n) is 1.01. The van der Waals surface area contributed by atoms with Gasteiger partial charge in [-0.1, -0.05) is 0 Å². The summed E-state index contributed by atoms with van der Waals surface area (Å²) in [7, 11) is 0. The Morgan fingerprint density at radius 1 is 0.947 bits per heavy atom. The average Bonchev–Trinajstić information content (AvgIpc) is 2.39. The van der Waals surface area contributed by atoms with Gasteiger partial charge in [0.15, 0.2) is 0 Å². The van der Waals surface area contributed by atoms with Gasteiger partial charge in [-0.05, 0) is 0 Å². The highest BCUT2D eigenvalue weighted by Crippen LogP contribution is 1.95. The molecule has 0 rings (SSSR count). The molecule has 0 heterocycles. The molecule has 2 amide bonds. The molecule has 110 valence electrons. The highest BCUT2D eigenvalue weighted by Gasteiger charge is 2.26. The molecule has 0 radical (unpaired) electrons. The zero-order valence-electron chi connectivity index (χ0n) is 9.94. The van der Waals surface area contributed by atoms with Crippen LogP contribution in [0.4, 0.5) is 0 Å². The van der Waals surface area contributed by atoms with E-state index in [1.165, 1.54) is 0 Å². The molecule has 0 aliphatic heterocycles. The maximum absolute atomic E-state index is 11.8. The first-order valence-electron chi connectivity index (χ1n) is 5.29. The zero-order valence-corrected chi connectivity index (χ0v) is 12.6. The van der Waals surface area contributed by atoms with Gasteiger partial charge in [0, 0.05) is 17.3 Å². The van der Waals surface area contributed by atoms with E-state index >= 15 is 0 Å². The van der Waals surface area contributed by atoms with Crippen molar-refractivity contribution >= 4 is 55.7 Å². The van der Waals surface area contributed by atoms with E-state index < -0.39 is 35.9 Å². The smallest absolute Gasteiger partial charge is 0.327 e. The summed E-state index contributed by atoms with van der Waals surface area (Å²) in [5, 5.41) is 13.4. The molecule has 0 fully saturated rings. The van der Waals surface area contributed by atoms with Crippen LogP contribution in [0.15, 0.2) is 0 Å². The van der Waals surface area contributed by atoms with Crippen LogP contribution in [0.2, 0.25) is 0 Å². The number of amides is 2. The van der Waals surface area contributed by atoms with Crippen LogP contribution in [0.5, 0.6) is 0 Å². The van der Waals surface area contributed by atoms with E-state index in [1.54, 1.807) is 0 Å². The van der Waals surface area contributed by atoms with E-state index in [0.717, 1.165) is 0 Å². The molecular weight excluding hydrogens is 310 g/mol. The van der Waals surface area contributed by atoms with Gasteiger partial charge in [0.2, 0.25) is 11.8 Å². The number of hydrogen-bond acceptors (Lipinski definition) is 7. The SMILES string of the molecule is N[C@@H](CS)C(=O)NC(CS)C(=O)NC(CS)C(=O)O. The minimum Gasteiger partial charge on any atom is -0.480 e. The van der Waals surface area contributed by atoms with Crippen LogP contribution in [-0.4, -0.2) is 58.3 Å². The van der Waals surface area contributed by atoms with Crippen molar-refractivity contribution in [2.75, 3.05) is 17.3 Å². The highest BCUT2D eigenvalue weighted by molar-refractivity contribution is 7.80. The third-order valence-corrected chi connectivity index (χ3v) is 3.27. The number of aliphatic carboxylic acids is 1. The molecular formula is C9H17N3O4S3. The van der Waals surface area contributed by atoms with Gasteiger partial charge in [-0.2, -0.15) is 37.9 Å². The van der Waals surface area contributed by atoms with Crippen molar-refractivity contribution in [1.29, 1.82) is 0 Å². The van der Waals surface area contributed by atoms with Crippen molar-refractivity contribution in [2.45, 2.75) is 18.1 Å². The first kappa shape index (κ1) is 18.4. The normalized spacial score (nSPS) is 15.2. The lowest BCUT2D eigenvalue weighted by molar-refractivity contribution is -0.141. The number of carbonyl (C=O) groups excluding carboxylic acids is 2. The maximum atomic E-state index is 11.8. The first-order valence-corrected chi connectivity index (χ1v) is 7.18. The summed E-state index contributed by atoms with van der Waals surface area (Å²) < 4.78 is 0. The number of carboxylic acid groups (broad SMARTS) is 1. The second-order valence-electron chi connectivity index (χ2n) is 3.61. The van der Waals surface area contributed by atoms with Crippen molar-refractivity contribution < 1.29 is 19.5 Å². The molecule has 0 aromatic heterocycles. The summed E-state index contributed by atoms with van der Waals surface area (Å²) in [6.45, 7) is 0. The van der Waals surface area contributed by atoms with Crippen molar-refractivity contribution in [1.82, 2.24) is 10.6 Å². The Morgan fingerprint density at radius 3 is 1.79 bits per heavy atom. The Labute approximate surface area is 127 Å². The van der Waals surface area contributed by atoms with Crippen LogP contribution in [0, 0.1) is 0 Å². The number of nitrogens with two attached hydrogens (primary N) is 1. The van der Waals surface area contributed by atoms with Crippen LogP contribution in [0.3, 0.4) is 0 Å². The lowest BCUT2D eigenvalue weighted by Crippen LogP contribution is -2.55. The molecule has 5 N–H and O–H groups in total. The average molecular weight is 327 g/mol. The van der Waals surface area contributed by atoms with Gasteiger partial charge in [-0.15, -0.1) is 0 Å². The predicted molar refractivity (Wildman–Crippen MR) is 81.0 cm³/mol. The minimum atomic E-state index is -1.21. The molecule has 0 aromatic rings. The summed E-state index contributed by atoms with van der Waals surface area (Å²) in [4.78, 5) is 34.0. The standard InChI is InChI=1S/C9H17N3O4S3/c10-4(1-17)7(13)11-5(2-18)8(14)12-6(3-19)9(15)16/h4-6,17-19H,1-3,10H2,(H,11,13)(H,12,14)(H,15,16)/t4-,5?,6?/m0/s1. The van der Waals surface area contributed by atoms with E-state index in [2.05, 4.69) is 48.5 Å². The molecule has 3 atom stereocenters. The van der Waals surface area contributed by atoms with Crippen LogP contribution in [0.1, 0.15) is 0 Å². The zero-order chi connectivity index (χ0) is 15.0.